The molecule has 0 saturated heterocycles. The molecule has 1 aromatic carbocycles. The van der Waals surface area contributed by atoms with Crippen molar-refractivity contribution in [1.29, 1.82) is 0 Å². The van der Waals surface area contributed by atoms with Crippen LogP contribution in [0.2, 0.25) is 0 Å². The number of nitrogens with one attached hydrogen (secondary N) is 2. The fraction of sp³-hybridized carbons (Fsp3) is 0.562. The highest BCUT2D eigenvalue weighted by Gasteiger charge is 2.39. The number of benzene rings is 1. The van der Waals surface area contributed by atoms with Gasteiger partial charge in [0.05, 0.1) is 4.92 Å². The van der Waals surface area contributed by atoms with Crippen LogP contribution in [0.15, 0.2) is 24.3 Å². The van der Waals surface area contributed by atoms with E-state index in [2.05, 4.69) is 10.6 Å². The molecule has 0 radical (unpaired) electrons. The summed E-state index contributed by atoms with van der Waals surface area (Å²) in [7, 11) is 0. The first kappa shape index (κ1) is 18.7. The van der Waals surface area contributed by atoms with E-state index in [9.17, 15) is 14.9 Å². The smallest absolute Gasteiger partial charge is 0.404 e. The standard InChI is InChI=1S/C16H25N3O4/c1-15(2,3)13(18-14(20)21)16(4,5)10-17-11-8-6-7-9-12(11)19(22)23/h6-9,13,17-18H,10H2,1-5H3,(H,20,21). The Morgan fingerprint density at radius 2 is 1.83 bits per heavy atom. The molecule has 128 valence electrons. The molecule has 23 heavy (non-hydrogen) atoms. The Kier molecular flexibility index (Phi) is 5.58. The lowest BCUT2D eigenvalue weighted by Gasteiger charge is -2.42. The van der Waals surface area contributed by atoms with Gasteiger partial charge in [0.25, 0.3) is 5.69 Å². The van der Waals surface area contributed by atoms with E-state index in [0.29, 0.717) is 12.2 Å². The van der Waals surface area contributed by atoms with E-state index < -0.39 is 16.4 Å². The van der Waals surface area contributed by atoms with E-state index in [0.717, 1.165) is 0 Å². The van der Waals surface area contributed by atoms with E-state index in [1.807, 2.05) is 34.6 Å². The molecule has 0 heterocycles. The first-order valence-electron chi connectivity index (χ1n) is 7.42. The Labute approximate surface area is 136 Å². The van der Waals surface area contributed by atoms with Gasteiger partial charge in [-0.3, -0.25) is 10.1 Å². The SMILES string of the molecule is CC(C)(C)C(NC(=O)O)C(C)(C)CNc1ccccc1[N+](=O)[O-]. The summed E-state index contributed by atoms with van der Waals surface area (Å²) in [6.45, 7) is 10.1. The van der Waals surface area contributed by atoms with Crippen molar-refractivity contribution in [3.05, 3.63) is 34.4 Å². The van der Waals surface area contributed by atoms with Gasteiger partial charge < -0.3 is 15.7 Å². The maximum atomic E-state index is 11.1. The van der Waals surface area contributed by atoms with E-state index in [1.54, 1.807) is 18.2 Å². The second-order valence-corrected chi connectivity index (χ2v) is 7.36. The number of hydrogen-bond donors (Lipinski definition) is 3. The van der Waals surface area contributed by atoms with Crippen LogP contribution in [0, 0.1) is 20.9 Å². The molecule has 3 N–H and O–H groups in total. The molecular weight excluding hydrogens is 298 g/mol. The lowest BCUT2D eigenvalue weighted by molar-refractivity contribution is -0.384. The second kappa shape index (κ2) is 6.85. The quantitative estimate of drug-likeness (QED) is 0.546. The number of amides is 1. The molecule has 1 atom stereocenters. The van der Waals surface area contributed by atoms with Gasteiger partial charge in [0.2, 0.25) is 0 Å². The van der Waals surface area contributed by atoms with Crippen molar-refractivity contribution in [1.82, 2.24) is 5.32 Å². The monoisotopic (exact) mass is 323 g/mol. The summed E-state index contributed by atoms with van der Waals surface area (Å²) in [6.07, 6.45) is -1.08. The molecule has 1 unspecified atom stereocenters. The van der Waals surface area contributed by atoms with E-state index in [1.165, 1.54) is 6.07 Å². The maximum absolute atomic E-state index is 11.1. The van der Waals surface area contributed by atoms with E-state index >= 15 is 0 Å². The van der Waals surface area contributed by atoms with Crippen molar-refractivity contribution >= 4 is 17.5 Å². The number of nitrogens with zero attached hydrogens (tertiary/aromatic N) is 1. The molecule has 7 heteroatoms. The summed E-state index contributed by atoms with van der Waals surface area (Å²) in [5.41, 5.74) is -0.331. The molecule has 0 aromatic heterocycles. The summed E-state index contributed by atoms with van der Waals surface area (Å²) >= 11 is 0. The number of anilines is 1. The highest BCUT2D eigenvalue weighted by molar-refractivity contribution is 5.65. The third-order valence-corrected chi connectivity index (χ3v) is 3.75. The van der Waals surface area contributed by atoms with Crippen molar-refractivity contribution in [3.8, 4) is 0 Å². The third kappa shape index (κ3) is 5.12. The largest absolute Gasteiger partial charge is 0.465 e. The summed E-state index contributed by atoms with van der Waals surface area (Å²) in [6, 6.07) is 6.08. The zero-order chi connectivity index (χ0) is 17.8. The Bertz CT molecular complexity index is 579. The minimum Gasteiger partial charge on any atom is -0.465 e. The van der Waals surface area contributed by atoms with Crippen LogP contribution in [0.5, 0.6) is 0 Å². The zero-order valence-electron chi connectivity index (χ0n) is 14.2. The molecule has 0 fully saturated rings. The molecule has 0 bridgehead atoms. The van der Waals surface area contributed by atoms with Crippen LogP contribution >= 0.6 is 0 Å². The zero-order valence-corrected chi connectivity index (χ0v) is 14.2. The van der Waals surface area contributed by atoms with Gasteiger partial charge in [0.1, 0.15) is 5.69 Å². The van der Waals surface area contributed by atoms with Crippen LogP contribution in [0.4, 0.5) is 16.2 Å². The van der Waals surface area contributed by atoms with Gasteiger partial charge in [0.15, 0.2) is 0 Å². The highest BCUT2D eigenvalue weighted by atomic mass is 16.6. The number of para-hydroxylation sites is 2. The maximum Gasteiger partial charge on any atom is 0.404 e. The molecule has 0 aliphatic carbocycles. The van der Waals surface area contributed by atoms with E-state index in [4.69, 9.17) is 5.11 Å². The normalized spacial score (nSPS) is 13.3. The van der Waals surface area contributed by atoms with Gasteiger partial charge in [0, 0.05) is 24.1 Å². The van der Waals surface area contributed by atoms with Crippen molar-refractivity contribution in [2.45, 2.75) is 40.7 Å². The van der Waals surface area contributed by atoms with Gasteiger partial charge in [-0.2, -0.15) is 0 Å². The van der Waals surface area contributed by atoms with Crippen molar-refractivity contribution < 1.29 is 14.8 Å². The first-order valence-corrected chi connectivity index (χ1v) is 7.42. The number of carboxylic acid groups (broad SMARTS) is 1. The third-order valence-electron chi connectivity index (χ3n) is 3.75. The fourth-order valence-electron chi connectivity index (χ4n) is 2.91. The summed E-state index contributed by atoms with van der Waals surface area (Å²) < 4.78 is 0. The molecule has 0 saturated carbocycles. The molecule has 0 aliphatic heterocycles. The van der Waals surface area contributed by atoms with Gasteiger partial charge in [-0.25, -0.2) is 4.79 Å². The minimum atomic E-state index is -1.08. The van der Waals surface area contributed by atoms with Crippen molar-refractivity contribution in [2.75, 3.05) is 11.9 Å². The number of hydrogen-bond acceptors (Lipinski definition) is 4. The second-order valence-electron chi connectivity index (χ2n) is 7.36. The van der Waals surface area contributed by atoms with Crippen LogP contribution in [0.25, 0.3) is 0 Å². The highest BCUT2D eigenvalue weighted by Crippen LogP contribution is 2.35. The number of nitro groups is 1. The number of carbonyl (C=O) groups is 1. The van der Waals surface area contributed by atoms with Crippen LogP contribution in [-0.2, 0) is 0 Å². The lowest BCUT2D eigenvalue weighted by atomic mass is 9.71. The molecule has 1 amide bonds. The topological polar surface area (TPSA) is 104 Å². The average Bonchev–Trinajstić information content (AvgIpc) is 2.41. The fourth-order valence-corrected chi connectivity index (χ4v) is 2.91. The van der Waals surface area contributed by atoms with Gasteiger partial charge >= 0.3 is 6.09 Å². The Morgan fingerprint density at radius 1 is 1.26 bits per heavy atom. The summed E-state index contributed by atoms with van der Waals surface area (Å²) in [5.74, 6) is 0. The predicted molar refractivity (Wildman–Crippen MR) is 89.8 cm³/mol. The Balaban J connectivity index is 2.97. The molecule has 1 rings (SSSR count). The van der Waals surface area contributed by atoms with Crippen LogP contribution < -0.4 is 10.6 Å². The first-order chi connectivity index (χ1) is 10.4. The van der Waals surface area contributed by atoms with Gasteiger partial charge in [-0.1, -0.05) is 46.8 Å². The number of rotatable bonds is 6. The summed E-state index contributed by atoms with van der Waals surface area (Å²) in [5, 5.41) is 25.8. The van der Waals surface area contributed by atoms with Crippen LogP contribution in [0.1, 0.15) is 34.6 Å². The predicted octanol–water partition coefficient (Wildman–Crippen LogP) is 3.72. The van der Waals surface area contributed by atoms with Crippen LogP contribution in [-0.4, -0.2) is 28.7 Å². The number of nitro benzene ring substituents is 1. The Hall–Kier alpha value is -2.31. The molecule has 1 aromatic rings. The summed E-state index contributed by atoms with van der Waals surface area (Å²) in [4.78, 5) is 21.7. The van der Waals surface area contributed by atoms with Crippen molar-refractivity contribution in [3.63, 3.8) is 0 Å². The van der Waals surface area contributed by atoms with Crippen molar-refractivity contribution in [2.24, 2.45) is 10.8 Å². The molecule has 0 spiro atoms. The average molecular weight is 323 g/mol. The Morgan fingerprint density at radius 3 is 2.30 bits per heavy atom. The van der Waals surface area contributed by atoms with Crippen LogP contribution in [0.3, 0.4) is 0 Å². The molecule has 7 nitrogen and oxygen atoms in total. The molecule has 0 aliphatic rings. The lowest BCUT2D eigenvalue weighted by Crippen LogP contribution is -2.54. The minimum absolute atomic E-state index is 0.00167. The molecular formula is C16H25N3O4. The van der Waals surface area contributed by atoms with E-state index in [-0.39, 0.29) is 17.1 Å². The van der Waals surface area contributed by atoms with Gasteiger partial charge in [-0.15, -0.1) is 0 Å². The van der Waals surface area contributed by atoms with Gasteiger partial charge in [-0.05, 0) is 11.5 Å².